The highest BCUT2D eigenvalue weighted by Gasteiger charge is 2.13. The quantitative estimate of drug-likeness (QED) is 0.580. The number of primary amides is 1. The van der Waals surface area contributed by atoms with Crippen LogP contribution < -0.4 is 5.73 Å². The van der Waals surface area contributed by atoms with Gasteiger partial charge in [0, 0.05) is 25.7 Å². The van der Waals surface area contributed by atoms with Gasteiger partial charge in [-0.25, -0.2) is 0 Å². The molecule has 0 aromatic carbocycles. The predicted octanol–water partition coefficient (Wildman–Crippen LogP) is -0.514. The Bertz CT molecular complexity index is 204. The molecule has 1 rings (SSSR count). The first kappa shape index (κ1) is 10.2. The van der Waals surface area contributed by atoms with E-state index in [2.05, 4.69) is 4.90 Å². The molecule has 0 saturated carbocycles. The molecular weight excluding hydrogens is 168 g/mol. The van der Waals surface area contributed by atoms with Gasteiger partial charge < -0.3 is 15.7 Å². The third-order valence-corrected chi connectivity index (χ3v) is 2.26. The average molecular weight is 184 g/mol. The lowest BCUT2D eigenvalue weighted by Crippen LogP contribution is -2.33. The van der Waals surface area contributed by atoms with Gasteiger partial charge in [0.05, 0.1) is 6.61 Å². The van der Waals surface area contributed by atoms with Crippen molar-refractivity contribution in [2.24, 2.45) is 5.73 Å². The normalized spacial score (nSPS) is 18.7. The molecule has 0 aromatic heterocycles. The fraction of sp³-hybridized carbons (Fsp3) is 0.667. The highest BCUT2D eigenvalue weighted by atomic mass is 16.3. The number of amides is 1. The Hall–Kier alpha value is -0.870. The van der Waals surface area contributed by atoms with E-state index in [9.17, 15) is 4.79 Å². The Morgan fingerprint density at radius 1 is 1.54 bits per heavy atom. The number of hydrogen-bond acceptors (Lipinski definition) is 3. The van der Waals surface area contributed by atoms with Crippen molar-refractivity contribution in [2.45, 2.75) is 12.8 Å². The van der Waals surface area contributed by atoms with Gasteiger partial charge in [-0.2, -0.15) is 0 Å². The second kappa shape index (κ2) is 4.99. The lowest BCUT2D eigenvalue weighted by molar-refractivity contribution is -0.113. The van der Waals surface area contributed by atoms with Crippen LogP contribution in [0.25, 0.3) is 0 Å². The maximum atomic E-state index is 10.6. The summed E-state index contributed by atoms with van der Waals surface area (Å²) >= 11 is 0. The topological polar surface area (TPSA) is 66.6 Å². The summed E-state index contributed by atoms with van der Waals surface area (Å²) in [7, 11) is 0. The molecule has 1 amide bonds. The van der Waals surface area contributed by atoms with Crippen molar-refractivity contribution in [3.05, 3.63) is 11.6 Å². The summed E-state index contributed by atoms with van der Waals surface area (Å²) < 4.78 is 0. The number of aliphatic hydroxyl groups excluding tert-OH is 1. The summed E-state index contributed by atoms with van der Waals surface area (Å²) in [5, 5.41) is 8.70. The van der Waals surface area contributed by atoms with Gasteiger partial charge in [0.2, 0.25) is 5.91 Å². The van der Waals surface area contributed by atoms with E-state index in [4.69, 9.17) is 10.8 Å². The minimum absolute atomic E-state index is 0.203. The van der Waals surface area contributed by atoms with Crippen LogP contribution in [0.4, 0.5) is 0 Å². The summed E-state index contributed by atoms with van der Waals surface area (Å²) in [5.41, 5.74) is 6.17. The van der Waals surface area contributed by atoms with E-state index in [1.807, 2.05) is 0 Å². The van der Waals surface area contributed by atoms with Crippen LogP contribution in [-0.4, -0.2) is 42.2 Å². The van der Waals surface area contributed by atoms with E-state index in [0.29, 0.717) is 0 Å². The molecule has 0 aliphatic carbocycles. The van der Waals surface area contributed by atoms with E-state index in [1.165, 1.54) is 6.08 Å². The van der Waals surface area contributed by atoms with Crippen molar-refractivity contribution >= 4 is 5.91 Å². The third kappa shape index (κ3) is 3.57. The molecule has 1 heterocycles. The van der Waals surface area contributed by atoms with Crippen molar-refractivity contribution in [2.75, 3.05) is 26.2 Å². The van der Waals surface area contributed by atoms with Crippen LogP contribution in [0, 0.1) is 0 Å². The largest absolute Gasteiger partial charge is 0.395 e. The summed E-state index contributed by atoms with van der Waals surface area (Å²) in [5.74, 6) is -0.356. The van der Waals surface area contributed by atoms with Crippen LogP contribution in [0.3, 0.4) is 0 Å². The van der Waals surface area contributed by atoms with Crippen molar-refractivity contribution in [3.8, 4) is 0 Å². The highest BCUT2D eigenvalue weighted by Crippen LogP contribution is 2.14. The standard InChI is InChI=1S/C9H16N2O2/c10-9(13)7-8-1-3-11(4-2-8)5-6-12/h7,12H,1-6H2,(H2,10,13). The van der Waals surface area contributed by atoms with Crippen LogP contribution in [0.15, 0.2) is 11.6 Å². The molecular formula is C9H16N2O2. The molecule has 4 nitrogen and oxygen atoms in total. The Kier molecular flexibility index (Phi) is 3.92. The summed E-state index contributed by atoms with van der Waals surface area (Å²) in [6, 6.07) is 0. The summed E-state index contributed by atoms with van der Waals surface area (Å²) in [4.78, 5) is 12.7. The molecule has 74 valence electrons. The monoisotopic (exact) mass is 184 g/mol. The molecule has 0 atom stereocenters. The number of nitrogens with two attached hydrogens (primary N) is 1. The number of likely N-dealkylation sites (tertiary alicyclic amines) is 1. The van der Waals surface area contributed by atoms with Crippen LogP contribution in [0.5, 0.6) is 0 Å². The van der Waals surface area contributed by atoms with Crippen LogP contribution in [0.1, 0.15) is 12.8 Å². The second-order valence-corrected chi connectivity index (χ2v) is 3.27. The number of piperidine rings is 1. The first-order valence-corrected chi connectivity index (χ1v) is 4.54. The molecule has 1 aliphatic rings. The Labute approximate surface area is 78.0 Å². The van der Waals surface area contributed by atoms with Gasteiger partial charge in [-0.1, -0.05) is 5.57 Å². The summed E-state index contributed by atoms with van der Waals surface area (Å²) in [6.07, 6.45) is 3.31. The number of carbonyl (C=O) groups is 1. The number of aliphatic hydroxyl groups is 1. The average Bonchev–Trinajstić information content (AvgIpc) is 2.08. The minimum atomic E-state index is -0.356. The fourth-order valence-electron chi connectivity index (χ4n) is 1.55. The van der Waals surface area contributed by atoms with Crippen LogP contribution in [-0.2, 0) is 4.79 Å². The molecule has 3 N–H and O–H groups in total. The third-order valence-electron chi connectivity index (χ3n) is 2.26. The SMILES string of the molecule is NC(=O)C=C1CCN(CCO)CC1. The second-order valence-electron chi connectivity index (χ2n) is 3.27. The molecule has 0 aromatic rings. The van der Waals surface area contributed by atoms with Gasteiger partial charge in [-0.15, -0.1) is 0 Å². The lowest BCUT2D eigenvalue weighted by Gasteiger charge is -2.27. The number of carbonyl (C=O) groups excluding carboxylic acids is 1. The number of hydrogen-bond donors (Lipinski definition) is 2. The van der Waals surface area contributed by atoms with Crippen molar-refractivity contribution in [3.63, 3.8) is 0 Å². The molecule has 0 spiro atoms. The predicted molar refractivity (Wildman–Crippen MR) is 50.0 cm³/mol. The van der Waals surface area contributed by atoms with Crippen molar-refractivity contribution in [1.29, 1.82) is 0 Å². The van der Waals surface area contributed by atoms with Gasteiger partial charge in [0.1, 0.15) is 0 Å². The van der Waals surface area contributed by atoms with Crippen molar-refractivity contribution in [1.82, 2.24) is 4.90 Å². The summed E-state index contributed by atoms with van der Waals surface area (Å²) in [6.45, 7) is 2.76. The molecule has 1 saturated heterocycles. The Morgan fingerprint density at radius 3 is 2.62 bits per heavy atom. The minimum Gasteiger partial charge on any atom is -0.395 e. The lowest BCUT2D eigenvalue weighted by atomic mass is 10.0. The Morgan fingerprint density at radius 2 is 2.15 bits per heavy atom. The number of nitrogens with zero attached hydrogens (tertiary/aromatic N) is 1. The molecule has 0 radical (unpaired) electrons. The Balaban J connectivity index is 2.34. The van der Waals surface area contributed by atoms with Crippen molar-refractivity contribution < 1.29 is 9.90 Å². The van der Waals surface area contributed by atoms with E-state index >= 15 is 0 Å². The number of rotatable bonds is 3. The van der Waals surface area contributed by atoms with E-state index in [-0.39, 0.29) is 12.5 Å². The molecule has 0 unspecified atom stereocenters. The maximum Gasteiger partial charge on any atom is 0.241 e. The van der Waals surface area contributed by atoms with Crippen LogP contribution >= 0.6 is 0 Å². The first-order valence-electron chi connectivity index (χ1n) is 4.54. The zero-order valence-electron chi connectivity index (χ0n) is 7.70. The van der Waals surface area contributed by atoms with E-state index in [0.717, 1.165) is 38.0 Å². The highest BCUT2D eigenvalue weighted by molar-refractivity contribution is 5.86. The van der Waals surface area contributed by atoms with Gasteiger partial charge in [0.15, 0.2) is 0 Å². The zero-order chi connectivity index (χ0) is 9.68. The maximum absolute atomic E-state index is 10.6. The molecule has 1 fully saturated rings. The van der Waals surface area contributed by atoms with Gasteiger partial charge in [-0.05, 0) is 12.8 Å². The van der Waals surface area contributed by atoms with Gasteiger partial charge in [0.25, 0.3) is 0 Å². The number of β-amino-alcohol motifs (C(OH)–C–C–N with tert-alkyl or cyclic N) is 1. The van der Waals surface area contributed by atoms with Gasteiger partial charge >= 0.3 is 0 Å². The zero-order valence-corrected chi connectivity index (χ0v) is 7.70. The van der Waals surface area contributed by atoms with E-state index < -0.39 is 0 Å². The molecule has 13 heavy (non-hydrogen) atoms. The first-order chi connectivity index (χ1) is 6.22. The molecule has 0 bridgehead atoms. The molecule has 1 aliphatic heterocycles. The smallest absolute Gasteiger partial charge is 0.241 e. The van der Waals surface area contributed by atoms with E-state index in [1.54, 1.807) is 0 Å². The fourth-order valence-corrected chi connectivity index (χ4v) is 1.55. The van der Waals surface area contributed by atoms with Crippen LogP contribution in [0.2, 0.25) is 0 Å². The molecule has 4 heteroatoms. The van der Waals surface area contributed by atoms with Gasteiger partial charge in [-0.3, -0.25) is 4.79 Å².